The molecule has 1 amide bonds. The number of para-hydroxylation sites is 2. The van der Waals surface area contributed by atoms with E-state index >= 15 is 0 Å². The second-order valence-electron chi connectivity index (χ2n) is 6.64. The number of benzene rings is 2. The maximum absolute atomic E-state index is 12.2. The molecule has 0 aliphatic carbocycles. The minimum Gasteiger partial charge on any atom is -0.492 e. The molecule has 0 spiro atoms. The Balaban J connectivity index is 1.61. The van der Waals surface area contributed by atoms with Crippen molar-refractivity contribution < 1.29 is 13.9 Å². The lowest BCUT2D eigenvalue weighted by Gasteiger charge is -2.12. The van der Waals surface area contributed by atoms with Crippen molar-refractivity contribution in [2.75, 3.05) is 11.9 Å². The second-order valence-corrected chi connectivity index (χ2v) is 7.04. The van der Waals surface area contributed by atoms with E-state index in [9.17, 15) is 9.59 Å². The van der Waals surface area contributed by atoms with E-state index in [2.05, 4.69) is 19.2 Å². The number of hydrogen-bond acceptors (Lipinski definition) is 4. The van der Waals surface area contributed by atoms with E-state index in [1.54, 1.807) is 36.4 Å². The van der Waals surface area contributed by atoms with Crippen LogP contribution in [0.1, 0.15) is 20.3 Å². The third-order valence-electron chi connectivity index (χ3n) is 3.92. The van der Waals surface area contributed by atoms with Crippen LogP contribution >= 0.6 is 11.6 Å². The van der Waals surface area contributed by atoms with Gasteiger partial charge in [0.25, 0.3) is 0 Å². The maximum atomic E-state index is 12.2. The number of carbonyl (C=O) groups excluding carboxylic acids is 1. The molecule has 7 heteroatoms. The fourth-order valence-corrected chi connectivity index (χ4v) is 2.85. The van der Waals surface area contributed by atoms with Crippen LogP contribution in [-0.2, 0) is 11.3 Å². The summed E-state index contributed by atoms with van der Waals surface area (Å²) in [7, 11) is 0. The zero-order valence-corrected chi connectivity index (χ0v) is 16.0. The quantitative estimate of drug-likeness (QED) is 0.654. The Morgan fingerprint density at radius 1 is 1.26 bits per heavy atom. The highest BCUT2D eigenvalue weighted by molar-refractivity contribution is 6.32. The zero-order valence-electron chi connectivity index (χ0n) is 15.2. The van der Waals surface area contributed by atoms with Crippen LogP contribution < -0.4 is 15.8 Å². The first-order valence-corrected chi connectivity index (χ1v) is 9.12. The maximum Gasteiger partial charge on any atom is 0.419 e. The number of nitrogens with one attached hydrogen (secondary N) is 1. The number of oxazole rings is 1. The van der Waals surface area contributed by atoms with Gasteiger partial charge in [0.15, 0.2) is 5.58 Å². The second kappa shape index (κ2) is 8.31. The van der Waals surface area contributed by atoms with Crippen molar-refractivity contribution in [2.24, 2.45) is 5.92 Å². The Morgan fingerprint density at radius 2 is 2.04 bits per heavy atom. The van der Waals surface area contributed by atoms with Crippen LogP contribution in [0.4, 0.5) is 5.69 Å². The Labute approximate surface area is 161 Å². The summed E-state index contributed by atoms with van der Waals surface area (Å²) in [5.41, 5.74) is 1.75. The van der Waals surface area contributed by atoms with Crippen LogP contribution in [-0.4, -0.2) is 17.1 Å². The molecule has 1 heterocycles. The van der Waals surface area contributed by atoms with Crippen molar-refractivity contribution in [3.63, 3.8) is 0 Å². The molecular formula is C20H21ClN2O4. The predicted molar refractivity (Wildman–Crippen MR) is 106 cm³/mol. The van der Waals surface area contributed by atoms with Gasteiger partial charge in [0.2, 0.25) is 5.91 Å². The van der Waals surface area contributed by atoms with E-state index in [1.807, 2.05) is 6.07 Å². The van der Waals surface area contributed by atoms with E-state index in [1.165, 1.54) is 4.57 Å². The summed E-state index contributed by atoms with van der Waals surface area (Å²) in [5, 5.41) is 3.22. The number of aromatic nitrogens is 1. The van der Waals surface area contributed by atoms with Gasteiger partial charge in [-0.05, 0) is 36.2 Å². The first-order chi connectivity index (χ1) is 12.9. The number of halogens is 1. The summed E-state index contributed by atoms with van der Waals surface area (Å²) in [6.07, 6.45) is 0.132. The number of carbonyl (C=O) groups is 1. The Kier molecular flexibility index (Phi) is 5.86. The van der Waals surface area contributed by atoms with Gasteiger partial charge in [0.1, 0.15) is 5.75 Å². The number of rotatable bonds is 7. The van der Waals surface area contributed by atoms with Crippen molar-refractivity contribution in [1.29, 1.82) is 0 Å². The molecule has 0 radical (unpaired) electrons. The monoisotopic (exact) mass is 388 g/mol. The lowest BCUT2D eigenvalue weighted by Crippen LogP contribution is -2.19. The molecule has 1 N–H and O–H groups in total. The van der Waals surface area contributed by atoms with Gasteiger partial charge in [-0.1, -0.05) is 37.6 Å². The van der Waals surface area contributed by atoms with Crippen LogP contribution in [0.5, 0.6) is 5.75 Å². The summed E-state index contributed by atoms with van der Waals surface area (Å²) in [6, 6.07) is 12.2. The summed E-state index contributed by atoms with van der Waals surface area (Å²) in [5.74, 6) is 0.278. The van der Waals surface area contributed by atoms with Gasteiger partial charge in [-0.2, -0.15) is 0 Å². The molecule has 2 aromatic carbocycles. The van der Waals surface area contributed by atoms with Crippen LogP contribution in [0.15, 0.2) is 51.7 Å². The van der Waals surface area contributed by atoms with Crippen LogP contribution in [0, 0.1) is 5.92 Å². The molecule has 0 fully saturated rings. The van der Waals surface area contributed by atoms with Crippen molar-refractivity contribution in [2.45, 2.75) is 26.8 Å². The number of fused-ring (bicyclic) bond motifs is 1. The lowest BCUT2D eigenvalue weighted by molar-refractivity contribution is -0.116. The van der Waals surface area contributed by atoms with Crippen molar-refractivity contribution in [1.82, 2.24) is 4.57 Å². The number of amides is 1. The van der Waals surface area contributed by atoms with Crippen molar-refractivity contribution >= 4 is 34.3 Å². The van der Waals surface area contributed by atoms with Crippen LogP contribution in [0.3, 0.4) is 0 Å². The summed E-state index contributed by atoms with van der Waals surface area (Å²) in [6.45, 7) is 4.90. The molecule has 0 atom stereocenters. The molecular weight excluding hydrogens is 368 g/mol. The minimum absolute atomic E-state index is 0.132. The van der Waals surface area contributed by atoms with Crippen LogP contribution in [0.2, 0.25) is 5.02 Å². The molecule has 0 saturated carbocycles. The first kappa shape index (κ1) is 19.0. The van der Waals surface area contributed by atoms with Crippen molar-refractivity contribution in [3.8, 4) is 5.75 Å². The molecule has 27 heavy (non-hydrogen) atoms. The summed E-state index contributed by atoms with van der Waals surface area (Å²) < 4.78 is 12.2. The Morgan fingerprint density at radius 3 is 2.78 bits per heavy atom. The molecule has 3 rings (SSSR count). The summed E-state index contributed by atoms with van der Waals surface area (Å²) >= 11 is 6.21. The fraction of sp³-hybridized carbons (Fsp3) is 0.300. The first-order valence-electron chi connectivity index (χ1n) is 8.74. The van der Waals surface area contributed by atoms with E-state index in [4.69, 9.17) is 20.8 Å². The number of ether oxygens (including phenoxy) is 1. The lowest BCUT2D eigenvalue weighted by atomic mass is 10.2. The van der Waals surface area contributed by atoms with E-state index in [0.717, 1.165) is 0 Å². The SMILES string of the molecule is CC(C)COc1ccc(NC(=O)CCn2c(=O)oc3ccccc32)cc1Cl. The number of anilines is 1. The normalized spacial score (nSPS) is 11.1. The third kappa shape index (κ3) is 4.71. The third-order valence-corrected chi connectivity index (χ3v) is 4.22. The molecule has 1 aromatic heterocycles. The zero-order chi connectivity index (χ0) is 19.4. The van der Waals surface area contributed by atoms with E-state index in [0.29, 0.717) is 40.1 Å². The molecule has 0 aliphatic rings. The number of aryl methyl sites for hydroxylation is 1. The minimum atomic E-state index is -0.473. The van der Waals surface area contributed by atoms with E-state index < -0.39 is 5.76 Å². The highest BCUT2D eigenvalue weighted by Crippen LogP contribution is 2.28. The van der Waals surface area contributed by atoms with Gasteiger partial charge < -0.3 is 14.5 Å². The molecule has 0 saturated heterocycles. The van der Waals surface area contributed by atoms with Gasteiger partial charge >= 0.3 is 5.76 Å². The highest BCUT2D eigenvalue weighted by atomic mass is 35.5. The van der Waals surface area contributed by atoms with E-state index in [-0.39, 0.29) is 18.9 Å². The molecule has 0 aliphatic heterocycles. The molecule has 0 unspecified atom stereocenters. The van der Waals surface area contributed by atoms with Crippen molar-refractivity contribution in [3.05, 3.63) is 58.0 Å². The van der Waals surface area contributed by atoms with Gasteiger partial charge in [-0.3, -0.25) is 9.36 Å². The van der Waals surface area contributed by atoms with Gasteiger partial charge in [-0.15, -0.1) is 0 Å². The standard InChI is InChI=1S/C20H21ClN2O4/c1-13(2)12-26-17-8-7-14(11-15(17)21)22-19(24)9-10-23-16-5-3-4-6-18(16)27-20(23)25/h3-8,11,13H,9-10,12H2,1-2H3,(H,22,24). The van der Waals surface area contributed by atoms with Gasteiger partial charge in [-0.25, -0.2) is 4.79 Å². The average molecular weight is 389 g/mol. The topological polar surface area (TPSA) is 73.5 Å². The highest BCUT2D eigenvalue weighted by Gasteiger charge is 2.11. The van der Waals surface area contributed by atoms with Crippen LogP contribution in [0.25, 0.3) is 11.1 Å². The summed E-state index contributed by atoms with van der Waals surface area (Å²) in [4.78, 5) is 24.2. The Bertz CT molecular complexity index is 1010. The molecule has 3 aromatic rings. The smallest absolute Gasteiger partial charge is 0.419 e. The van der Waals surface area contributed by atoms with Gasteiger partial charge in [0, 0.05) is 18.7 Å². The predicted octanol–water partition coefficient (Wildman–Crippen LogP) is 4.31. The largest absolute Gasteiger partial charge is 0.492 e. The Hall–Kier alpha value is -2.73. The molecule has 142 valence electrons. The fourth-order valence-electron chi connectivity index (χ4n) is 2.61. The number of nitrogens with zero attached hydrogens (tertiary/aromatic N) is 1. The molecule has 6 nitrogen and oxygen atoms in total. The average Bonchev–Trinajstić information content (AvgIpc) is 2.94. The van der Waals surface area contributed by atoms with Gasteiger partial charge in [0.05, 0.1) is 17.1 Å². The number of hydrogen-bond donors (Lipinski definition) is 1. The molecule has 0 bridgehead atoms.